The number of benzene rings is 3. The van der Waals surface area contributed by atoms with Crippen molar-refractivity contribution in [2.45, 2.75) is 45.7 Å². The van der Waals surface area contributed by atoms with Crippen LogP contribution in [0.5, 0.6) is 0 Å². The van der Waals surface area contributed by atoms with E-state index in [1.54, 1.807) is 18.2 Å². The monoisotopic (exact) mass is 489 g/mol. The first-order valence-corrected chi connectivity index (χ1v) is 12.5. The third kappa shape index (κ3) is 6.07. The first-order valence-electron chi connectivity index (χ1n) is 12.5. The van der Waals surface area contributed by atoms with Crippen molar-refractivity contribution in [3.05, 3.63) is 88.0 Å². The molecule has 1 saturated heterocycles. The number of carbonyl (C=O) groups is 2. The minimum absolute atomic E-state index is 0.0455. The minimum Gasteiger partial charge on any atom is -0.340 e. The smallest absolute Gasteiger partial charge is 0.287 e. The van der Waals surface area contributed by atoms with Crippen LogP contribution in [0, 0.1) is 16.0 Å². The van der Waals surface area contributed by atoms with E-state index in [-0.39, 0.29) is 23.4 Å². The van der Waals surface area contributed by atoms with E-state index in [4.69, 9.17) is 0 Å². The van der Waals surface area contributed by atoms with Crippen molar-refractivity contribution in [2.75, 3.05) is 13.1 Å². The highest BCUT2D eigenvalue weighted by atomic mass is 16.6. The van der Waals surface area contributed by atoms with Crippen molar-refractivity contribution in [2.24, 2.45) is 5.92 Å². The first kappa shape index (κ1) is 25.3. The lowest BCUT2D eigenvalue weighted by Gasteiger charge is -2.35. The Balaban J connectivity index is 1.50. The van der Waals surface area contributed by atoms with Gasteiger partial charge in [-0.3, -0.25) is 19.7 Å². The van der Waals surface area contributed by atoms with E-state index >= 15 is 0 Å². The van der Waals surface area contributed by atoms with Crippen LogP contribution in [0.1, 0.15) is 49.0 Å². The van der Waals surface area contributed by atoms with Crippen molar-refractivity contribution in [1.29, 1.82) is 0 Å². The fourth-order valence-corrected chi connectivity index (χ4v) is 4.91. The van der Waals surface area contributed by atoms with Crippen LogP contribution in [0.2, 0.25) is 0 Å². The van der Waals surface area contributed by atoms with Crippen LogP contribution in [0.15, 0.2) is 66.7 Å². The number of rotatable bonds is 9. The van der Waals surface area contributed by atoms with E-state index in [0.29, 0.717) is 23.1 Å². The number of likely N-dealkylation sites (tertiary alicyclic amines) is 1. The Hall–Kier alpha value is -3.78. The summed E-state index contributed by atoms with van der Waals surface area (Å²) in [4.78, 5) is 37.2. The van der Waals surface area contributed by atoms with Gasteiger partial charge in [-0.25, -0.2) is 4.59 Å². The van der Waals surface area contributed by atoms with Crippen LogP contribution in [-0.4, -0.2) is 40.5 Å². The maximum Gasteiger partial charge on any atom is 0.287 e. The molecule has 0 aliphatic carbocycles. The Kier molecular flexibility index (Phi) is 7.64. The number of nitro groups is 1. The van der Waals surface area contributed by atoms with Gasteiger partial charge in [-0.15, -0.1) is 0 Å². The normalized spacial score (nSPS) is 15.5. The molecule has 1 aliphatic rings. The lowest BCUT2D eigenvalue weighted by atomic mass is 10.0. The van der Waals surface area contributed by atoms with Crippen molar-refractivity contribution in [1.82, 2.24) is 10.7 Å². The summed E-state index contributed by atoms with van der Waals surface area (Å²) in [6.45, 7) is 6.14. The van der Waals surface area contributed by atoms with Crippen molar-refractivity contribution in [3.8, 4) is 0 Å². The molecule has 1 fully saturated rings. The van der Waals surface area contributed by atoms with E-state index in [9.17, 15) is 19.7 Å². The number of hydrogen-bond donors (Lipinski definition) is 2. The Morgan fingerprint density at radius 3 is 2.28 bits per heavy atom. The molecular formula is C28H33N4O4+. The Morgan fingerprint density at radius 1 is 0.972 bits per heavy atom. The number of non-ortho nitro benzene ring substituents is 1. The molecule has 1 aliphatic heterocycles. The van der Waals surface area contributed by atoms with Gasteiger partial charge in [0.2, 0.25) is 0 Å². The van der Waals surface area contributed by atoms with E-state index in [2.05, 4.69) is 10.7 Å². The number of nitro benzene ring substituents is 1. The van der Waals surface area contributed by atoms with Gasteiger partial charge in [0.25, 0.3) is 17.5 Å². The fourth-order valence-electron chi connectivity index (χ4n) is 4.91. The molecule has 3 aromatic carbocycles. The van der Waals surface area contributed by atoms with E-state index in [1.165, 1.54) is 12.1 Å². The van der Waals surface area contributed by atoms with Crippen LogP contribution >= 0.6 is 0 Å². The molecule has 36 heavy (non-hydrogen) atoms. The molecule has 0 radical (unpaired) electrons. The second-order valence-corrected chi connectivity index (χ2v) is 10.1. The molecule has 8 nitrogen and oxygen atoms in total. The molecule has 1 atom stereocenters. The molecule has 3 aromatic rings. The summed E-state index contributed by atoms with van der Waals surface area (Å²) in [6.07, 6.45) is 2.47. The number of amides is 2. The molecular weight excluding hydrogens is 456 g/mol. The Labute approximate surface area is 211 Å². The molecule has 0 saturated carbocycles. The molecule has 4 rings (SSSR count). The molecule has 2 N–H and O–H groups in total. The number of nitrogens with one attached hydrogen (secondary N) is 2. The molecule has 2 amide bonds. The highest BCUT2D eigenvalue weighted by molar-refractivity contribution is 6.00. The molecule has 0 spiro atoms. The maximum atomic E-state index is 13.5. The van der Waals surface area contributed by atoms with Gasteiger partial charge in [0.05, 0.1) is 4.92 Å². The molecule has 0 aromatic heterocycles. The zero-order valence-electron chi connectivity index (χ0n) is 20.8. The highest BCUT2D eigenvalue weighted by Crippen LogP contribution is 2.23. The maximum absolute atomic E-state index is 13.5. The summed E-state index contributed by atoms with van der Waals surface area (Å²) >= 11 is 0. The van der Waals surface area contributed by atoms with Crippen molar-refractivity contribution in [3.63, 3.8) is 0 Å². The summed E-state index contributed by atoms with van der Waals surface area (Å²) in [5, 5.41) is 16.0. The van der Waals surface area contributed by atoms with E-state index in [1.807, 2.05) is 50.2 Å². The summed E-state index contributed by atoms with van der Waals surface area (Å²) in [5.74, 6) is -0.272. The molecule has 0 bridgehead atoms. The number of fused-ring (bicyclic) bond motifs is 1. The number of nitrogens with zero attached hydrogens (tertiary/aromatic N) is 2. The van der Waals surface area contributed by atoms with Crippen LogP contribution in [0.25, 0.3) is 10.8 Å². The Bertz CT molecular complexity index is 1250. The Morgan fingerprint density at radius 2 is 1.64 bits per heavy atom. The summed E-state index contributed by atoms with van der Waals surface area (Å²) in [6, 6.07) is 19.2. The SMILES string of the molecule is CC(C)C[C@H](NC(=O)c1ccc2ccccc2c1)C(=O)N[N+]1(Cc2ccc([N+](=O)[O-])cc2)CCCC1. The average Bonchev–Trinajstić information content (AvgIpc) is 3.31. The van der Waals surface area contributed by atoms with Gasteiger partial charge in [0, 0.05) is 36.1 Å². The van der Waals surface area contributed by atoms with Crippen molar-refractivity contribution < 1.29 is 19.1 Å². The van der Waals surface area contributed by atoms with Crippen LogP contribution in [0.4, 0.5) is 5.69 Å². The van der Waals surface area contributed by atoms with Gasteiger partial charge in [-0.2, -0.15) is 5.43 Å². The second kappa shape index (κ2) is 10.9. The predicted molar refractivity (Wildman–Crippen MR) is 139 cm³/mol. The van der Waals surface area contributed by atoms with Gasteiger partial charge >= 0.3 is 0 Å². The van der Waals surface area contributed by atoms with Crippen molar-refractivity contribution >= 4 is 28.3 Å². The van der Waals surface area contributed by atoms with Crippen LogP contribution < -0.4 is 10.7 Å². The lowest BCUT2D eigenvalue weighted by Crippen LogP contribution is -2.62. The number of carbonyl (C=O) groups excluding carboxylic acids is 2. The summed E-state index contributed by atoms with van der Waals surface area (Å²) in [7, 11) is 0. The van der Waals surface area contributed by atoms with Gasteiger partial charge in [0.15, 0.2) is 0 Å². The fraction of sp³-hybridized carbons (Fsp3) is 0.357. The number of hydrogen-bond acceptors (Lipinski definition) is 4. The molecule has 188 valence electrons. The molecule has 0 unspecified atom stereocenters. The first-order chi connectivity index (χ1) is 17.2. The van der Waals surface area contributed by atoms with E-state index < -0.39 is 11.0 Å². The third-order valence-corrected chi connectivity index (χ3v) is 6.74. The van der Waals surface area contributed by atoms with E-state index in [0.717, 1.165) is 42.3 Å². The largest absolute Gasteiger partial charge is 0.340 e. The van der Waals surface area contributed by atoms with Crippen LogP contribution in [-0.2, 0) is 11.3 Å². The summed E-state index contributed by atoms with van der Waals surface area (Å²) < 4.78 is 0.372. The third-order valence-electron chi connectivity index (χ3n) is 6.74. The standard InChI is InChI=1S/C28H32N4O4/c1-20(2)17-26(29-27(33)24-12-11-22-7-3-4-8-23(22)18-24)28(34)30-32(15-5-6-16-32)19-21-9-13-25(14-10-21)31(35)36/h3-4,7-14,18,20,26H,5-6,15-17,19H2,1-2H3,(H-,29,30,33,34)/p+1/t26-/m0/s1. The highest BCUT2D eigenvalue weighted by Gasteiger charge is 2.37. The van der Waals surface area contributed by atoms with Gasteiger partial charge < -0.3 is 5.32 Å². The van der Waals surface area contributed by atoms with Gasteiger partial charge in [0.1, 0.15) is 25.7 Å². The average molecular weight is 490 g/mol. The summed E-state index contributed by atoms with van der Waals surface area (Å²) in [5.41, 5.74) is 4.71. The predicted octanol–water partition coefficient (Wildman–Crippen LogP) is 4.73. The van der Waals surface area contributed by atoms with Gasteiger partial charge in [-0.05, 0) is 47.4 Å². The zero-order chi connectivity index (χ0) is 25.7. The van der Waals surface area contributed by atoms with Crippen LogP contribution in [0.3, 0.4) is 0 Å². The molecule has 8 heteroatoms. The topological polar surface area (TPSA) is 101 Å². The second-order valence-electron chi connectivity index (χ2n) is 10.1. The zero-order valence-corrected chi connectivity index (χ0v) is 20.8. The quantitative estimate of drug-likeness (QED) is 0.258. The van der Waals surface area contributed by atoms with Gasteiger partial charge in [-0.1, -0.05) is 44.2 Å². The lowest BCUT2D eigenvalue weighted by molar-refractivity contribution is -0.963. The molecule has 1 heterocycles. The minimum atomic E-state index is -0.670. The number of quaternary nitrogens is 1.